The van der Waals surface area contributed by atoms with Crippen LogP contribution in [0, 0.1) is 0 Å². The number of nitrogens with two attached hydrogens (primary N) is 1. The summed E-state index contributed by atoms with van der Waals surface area (Å²) in [7, 11) is 0. The molecule has 82 valence electrons. The number of nitrogen functional groups attached to an aromatic ring is 1. The molecule has 0 aliphatic carbocycles. The van der Waals surface area contributed by atoms with Gasteiger partial charge in [-0.05, 0) is 22.9 Å². The van der Waals surface area contributed by atoms with Crippen molar-refractivity contribution in [2.24, 2.45) is 0 Å². The van der Waals surface area contributed by atoms with E-state index in [1.54, 1.807) is 24.0 Å². The molecule has 0 fully saturated rings. The van der Waals surface area contributed by atoms with Crippen LogP contribution in [0.3, 0.4) is 0 Å². The van der Waals surface area contributed by atoms with Gasteiger partial charge in [0, 0.05) is 12.6 Å². The molecule has 0 aromatic carbocycles. The van der Waals surface area contributed by atoms with Gasteiger partial charge >= 0.3 is 0 Å². The standard InChI is InChI=1S/C11H16N2OS/c1-8(2)15-7-10(14)5-9-3-4-13-11(12)6-9/h3-4,6,8H,5,7H2,1-2H3,(H2,12,13). The van der Waals surface area contributed by atoms with E-state index >= 15 is 0 Å². The molecule has 0 aliphatic rings. The lowest BCUT2D eigenvalue weighted by molar-refractivity contribution is -0.116. The Hall–Kier alpha value is -1.03. The van der Waals surface area contributed by atoms with E-state index in [1.165, 1.54) is 0 Å². The van der Waals surface area contributed by atoms with Crippen LogP contribution in [0.2, 0.25) is 0 Å². The van der Waals surface area contributed by atoms with E-state index in [9.17, 15) is 4.79 Å². The number of pyridine rings is 1. The maximum absolute atomic E-state index is 11.5. The molecule has 0 aliphatic heterocycles. The Labute approximate surface area is 94.5 Å². The van der Waals surface area contributed by atoms with Crippen LogP contribution < -0.4 is 5.73 Å². The van der Waals surface area contributed by atoms with Gasteiger partial charge in [0.15, 0.2) is 0 Å². The minimum atomic E-state index is 0.235. The highest BCUT2D eigenvalue weighted by Crippen LogP contribution is 2.11. The molecular formula is C11H16N2OS. The van der Waals surface area contributed by atoms with Crippen molar-refractivity contribution in [1.82, 2.24) is 4.98 Å². The zero-order valence-corrected chi connectivity index (χ0v) is 9.88. The zero-order chi connectivity index (χ0) is 11.3. The third-order valence-electron chi connectivity index (χ3n) is 1.82. The normalized spacial score (nSPS) is 10.6. The summed E-state index contributed by atoms with van der Waals surface area (Å²) >= 11 is 1.67. The summed E-state index contributed by atoms with van der Waals surface area (Å²) in [5.41, 5.74) is 6.47. The van der Waals surface area contributed by atoms with Gasteiger partial charge in [-0.2, -0.15) is 11.8 Å². The molecule has 0 atom stereocenters. The summed E-state index contributed by atoms with van der Waals surface area (Å²) in [5, 5.41) is 0.497. The topological polar surface area (TPSA) is 56.0 Å². The smallest absolute Gasteiger partial charge is 0.147 e. The number of rotatable bonds is 5. The largest absolute Gasteiger partial charge is 0.384 e. The molecule has 0 saturated heterocycles. The number of thioether (sulfide) groups is 1. The minimum Gasteiger partial charge on any atom is -0.384 e. The van der Waals surface area contributed by atoms with Gasteiger partial charge in [-0.25, -0.2) is 4.98 Å². The van der Waals surface area contributed by atoms with E-state index in [0.717, 1.165) is 5.56 Å². The number of anilines is 1. The Bertz CT molecular complexity index is 339. The number of carbonyl (C=O) groups excluding carboxylic acids is 1. The van der Waals surface area contributed by atoms with Crippen LogP contribution in [0.5, 0.6) is 0 Å². The lowest BCUT2D eigenvalue weighted by Crippen LogP contribution is -2.08. The Kier molecular flexibility index (Phi) is 4.62. The average molecular weight is 224 g/mol. The summed E-state index contributed by atoms with van der Waals surface area (Å²) in [4.78, 5) is 15.4. The second kappa shape index (κ2) is 5.75. The molecule has 1 aromatic rings. The van der Waals surface area contributed by atoms with Crippen molar-refractivity contribution in [3.8, 4) is 0 Å². The molecule has 0 spiro atoms. The van der Waals surface area contributed by atoms with E-state index < -0.39 is 0 Å². The van der Waals surface area contributed by atoms with Crippen LogP contribution in [0.15, 0.2) is 18.3 Å². The van der Waals surface area contributed by atoms with E-state index in [4.69, 9.17) is 5.73 Å². The van der Waals surface area contributed by atoms with Crippen molar-refractivity contribution in [3.05, 3.63) is 23.9 Å². The summed E-state index contributed by atoms with van der Waals surface area (Å²) in [6, 6.07) is 3.58. The highest BCUT2D eigenvalue weighted by atomic mass is 32.2. The maximum atomic E-state index is 11.5. The van der Waals surface area contributed by atoms with Crippen molar-refractivity contribution in [2.45, 2.75) is 25.5 Å². The molecule has 0 unspecified atom stereocenters. The van der Waals surface area contributed by atoms with Gasteiger partial charge in [-0.3, -0.25) is 4.79 Å². The van der Waals surface area contributed by atoms with E-state index in [2.05, 4.69) is 18.8 Å². The maximum Gasteiger partial charge on any atom is 0.147 e. The molecule has 4 heteroatoms. The van der Waals surface area contributed by atoms with Gasteiger partial charge in [-0.1, -0.05) is 13.8 Å². The molecule has 0 radical (unpaired) electrons. The van der Waals surface area contributed by atoms with Crippen molar-refractivity contribution in [1.29, 1.82) is 0 Å². The molecule has 3 nitrogen and oxygen atoms in total. The summed E-state index contributed by atoms with van der Waals surface area (Å²) in [6.45, 7) is 4.17. The quantitative estimate of drug-likeness (QED) is 0.830. The molecule has 0 saturated carbocycles. The first kappa shape index (κ1) is 12.0. The van der Waals surface area contributed by atoms with E-state index in [0.29, 0.717) is 23.2 Å². The first-order chi connectivity index (χ1) is 7.08. The Morgan fingerprint density at radius 2 is 2.33 bits per heavy atom. The zero-order valence-electron chi connectivity index (χ0n) is 9.06. The summed E-state index contributed by atoms with van der Waals surface area (Å²) < 4.78 is 0. The lowest BCUT2D eigenvalue weighted by atomic mass is 10.1. The Balaban J connectivity index is 2.44. The average Bonchev–Trinajstić information content (AvgIpc) is 2.15. The van der Waals surface area contributed by atoms with E-state index in [-0.39, 0.29) is 5.78 Å². The number of hydrogen-bond donors (Lipinski definition) is 1. The number of hydrogen-bond acceptors (Lipinski definition) is 4. The predicted molar refractivity (Wildman–Crippen MR) is 65.0 cm³/mol. The highest BCUT2D eigenvalue weighted by Gasteiger charge is 2.05. The second-order valence-corrected chi connectivity index (χ2v) is 5.23. The van der Waals surface area contributed by atoms with E-state index in [1.807, 2.05) is 6.07 Å². The molecule has 0 bridgehead atoms. The van der Waals surface area contributed by atoms with Gasteiger partial charge in [0.25, 0.3) is 0 Å². The molecule has 2 N–H and O–H groups in total. The fourth-order valence-corrected chi connectivity index (χ4v) is 1.76. The molecular weight excluding hydrogens is 208 g/mol. The second-order valence-electron chi connectivity index (χ2n) is 3.66. The van der Waals surface area contributed by atoms with Gasteiger partial charge < -0.3 is 5.73 Å². The number of ketones is 1. The van der Waals surface area contributed by atoms with Gasteiger partial charge in [-0.15, -0.1) is 0 Å². The molecule has 0 amide bonds. The number of nitrogens with zero attached hydrogens (tertiary/aromatic N) is 1. The van der Waals surface area contributed by atoms with Crippen molar-refractivity contribution >= 4 is 23.4 Å². The minimum absolute atomic E-state index is 0.235. The fourth-order valence-electron chi connectivity index (χ4n) is 1.14. The van der Waals surface area contributed by atoms with Crippen molar-refractivity contribution in [3.63, 3.8) is 0 Å². The SMILES string of the molecule is CC(C)SCC(=O)Cc1ccnc(N)c1. The summed E-state index contributed by atoms with van der Waals surface area (Å²) in [5.74, 6) is 1.27. The Morgan fingerprint density at radius 3 is 2.93 bits per heavy atom. The van der Waals surface area contributed by atoms with Crippen LogP contribution in [-0.2, 0) is 11.2 Å². The highest BCUT2D eigenvalue weighted by molar-refractivity contribution is 8.00. The van der Waals surface area contributed by atoms with Gasteiger partial charge in [0.1, 0.15) is 11.6 Å². The van der Waals surface area contributed by atoms with Crippen LogP contribution in [0.4, 0.5) is 5.82 Å². The fraction of sp³-hybridized carbons (Fsp3) is 0.455. The Morgan fingerprint density at radius 1 is 1.60 bits per heavy atom. The first-order valence-corrected chi connectivity index (χ1v) is 5.96. The molecule has 1 heterocycles. The molecule has 1 rings (SSSR count). The van der Waals surface area contributed by atoms with Crippen LogP contribution in [0.1, 0.15) is 19.4 Å². The van der Waals surface area contributed by atoms with Crippen molar-refractivity contribution < 1.29 is 4.79 Å². The van der Waals surface area contributed by atoms with Crippen LogP contribution in [-0.4, -0.2) is 21.8 Å². The molecule has 15 heavy (non-hydrogen) atoms. The van der Waals surface area contributed by atoms with Crippen LogP contribution >= 0.6 is 11.8 Å². The monoisotopic (exact) mass is 224 g/mol. The first-order valence-electron chi connectivity index (χ1n) is 4.91. The summed E-state index contributed by atoms with van der Waals surface area (Å²) in [6.07, 6.45) is 2.08. The predicted octanol–water partition coefficient (Wildman–Crippen LogP) is 1.92. The third-order valence-corrected chi connectivity index (χ3v) is 2.98. The van der Waals surface area contributed by atoms with Crippen LogP contribution in [0.25, 0.3) is 0 Å². The third kappa shape index (κ3) is 4.83. The lowest BCUT2D eigenvalue weighted by Gasteiger charge is -2.04. The number of carbonyl (C=O) groups is 1. The van der Waals surface area contributed by atoms with Crippen molar-refractivity contribution in [2.75, 3.05) is 11.5 Å². The number of Topliss-reactive ketones (excluding diaryl/α,β-unsaturated/α-hetero) is 1. The molecule has 1 aromatic heterocycles. The van der Waals surface area contributed by atoms with Gasteiger partial charge in [0.05, 0.1) is 5.75 Å². The van der Waals surface area contributed by atoms with Gasteiger partial charge in [0.2, 0.25) is 0 Å². The number of aromatic nitrogens is 1.